The van der Waals surface area contributed by atoms with E-state index in [9.17, 15) is 9.18 Å². The number of Topliss-reactive ketones (excluding diaryl/α,β-unsaturated/α-hetero) is 1. The van der Waals surface area contributed by atoms with Gasteiger partial charge >= 0.3 is 0 Å². The molecule has 2 aromatic rings. The van der Waals surface area contributed by atoms with Gasteiger partial charge in [-0.1, -0.05) is 32.0 Å². The first kappa shape index (κ1) is 19.4. The summed E-state index contributed by atoms with van der Waals surface area (Å²) in [4.78, 5) is 15.2. The summed E-state index contributed by atoms with van der Waals surface area (Å²) in [5.74, 6) is -0.155. The van der Waals surface area contributed by atoms with Crippen molar-refractivity contribution in [2.75, 3.05) is 6.54 Å². The van der Waals surface area contributed by atoms with E-state index in [1.54, 1.807) is 12.1 Å². The molecule has 0 radical (unpaired) electrons. The maximum absolute atomic E-state index is 13.9. The first-order valence-corrected chi connectivity index (χ1v) is 9.15. The molecule has 1 aromatic carbocycles. The third-order valence-corrected chi connectivity index (χ3v) is 5.05. The summed E-state index contributed by atoms with van der Waals surface area (Å²) in [6.07, 6.45) is 3.86. The number of benzene rings is 1. The molecule has 2 unspecified atom stereocenters. The van der Waals surface area contributed by atoms with Crippen molar-refractivity contribution in [1.82, 2.24) is 9.47 Å². The zero-order valence-corrected chi connectivity index (χ0v) is 15.7. The Balaban J connectivity index is 2.17. The fourth-order valence-corrected chi connectivity index (χ4v) is 3.08. The van der Waals surface area contributed by atoms with Gasteiger partial charge in [-0.15, -0.1) is 0 Å². The monoisotopic (exact) mass is 344 g/mol. The highest BCUT2D eigenvalue weighted by atomic mass is 19.1. The maximum atomic E-state index is 13.9. The number of hydrogen-bond donors (Lipinski definition) is 0. The lowest BCUT2D eigenvalue weighted by atomic mass is 10.1. The molecular weight excluding hydrogens is 315 g/mol. The number of rotatable bonds is 9. The summed E-state index contributed by atoms with van der Waals surface area (Å²) in [5.41, 5.74) is 1.23. The number of hydrogen-bond acceptors (Lipinski definition) is 2. The minimum Gasteiger partial charge on any atom is -0.341 e. The van der Waals surface area contributed by atoms with Crippen LogP contribution in [0.1, 0.15) is 56.6 Å². The van der Waals surface area contributed by atoms with Gasteiger partial charge in [0.2, 0.25) is 0 Å². The summed E-state index contributed by atoms with van der Waals surface area (Å²) in [6.45, 7) is 9.38. The highest BCUT2D eigenvalue weighted by Gasteiger charge is 2.22. The van der Waals surface area contributed by atoms with Crippen molar-refractivity contribution in [3.05, 3.63) is 59.7 Å². The van der Waals surface area contributed by atoms with Gasteiger partial charge in [0.05, 0.1) is 18.8 Å². The maximum Gasteiger partial charge on any atom is 0.193 e. The van der Waals surface area contributed by atoms with E-state index in [0.29, 0.717) is 36.4 Å². The highest BCUT2D eigenvalue weighted by Crippen LogP contribution is 2.16. The average Bonchev–Trinajstić information content (AvgIpc) is 3.08. The molecule has 136 valence electrons. The van der Waals surface area contributed by atoms with Crippen molar-refractivity contribution in [1.29, 1.82) is 0 Å². The van der Waals surface area contributed by atoms with Gasteiger partial charge in [-0.05, 0) is 44.9 Å². The van der Waals surface area contributed by atoms with Crippen LogP contribution in [0.15, 0.2) is 42.6 Å². The number of aromatic nitrogens is 1. The predicted molar refractivity (Wildman–Crippen MR) is 100 cm³/mol. The lowest BCUT2D eigenvalue weighted by molar-refractivity contribution is 0.0823. The molecule has 2 rings (SSSR count). The predicted octanol–water partition coefficient (Wildman–Crippen LogP) is 4.76. The first-order chi connectivity index (χ1) is 12.0. The average molecular weight is 344 g/mol. The Morgan fingerprint density at radius 1 is 1.08 bits per heavy atom. The van der Waals surface area contributed by atoms with Gasteiger partial charge in [-0.25, -0.2) is 4.39 Å². The topological polar surface area (TPSA) is 25.2 Å². The van der Waals surface area contributed by atoms with E-state index in [4.69, 9.17) is 0 Å². The van der Waals surface area contributed by atoms with Crippen LogP contribution in [0, 0.1) is 5.82 Å². The number of carbonyl (C=O) groups is 1. The molecule has 3 nitrogen and oxygen atoms in total. The Kier molecular flexibility index (Phi) is 6.94. The normalized spacial score (nSPS) is 13.8. The van der Waals surface area contributed by atoms with Gasteiger partial charge in [0, 0.05) is 23.8 Å². The van der Waals surface area contributed by atoms with Gasteiger partial charge in [0.1, 0.15) is 5.82 Å². The summed E-state index contributed by atoms with van der Waals surface area (Å²) >= 11 is 0. The molecule has 0 N–H and O–H groups in total. The van der Waals surface area contributed by atoms with Crippen LogP contribution in [-0.2, 0) is 6.54 Å². The van der Waals surface area contributed by atoms with Gasteiger partial charge in [-0.3, -0.25) is 9.69 Å². The molecule has 25 heavy (non-hydrogen) atoms. The molecule has 0 bridgehead atoms. The smallest absolute Gasteiger partial charge is 0.193 e. The fourth-order valence-electron chi connectivity index (χ4n) is 3.08. The van der Waals surface area contributed by atoms with Crippen LogP contribution < -0.4 is 0 Å². The third kappa shape index (κ3) is 4.79. The Bertz CT molecular complexity index is 685. The van der Waals surface area contributed by atoms with E-state index in [-0.39, 0.29) is 11.6 Å². The molecule has 1 heterocycles. The molecule has 0 spiro atoms. The summed E-state index contributed by atoms with van der Waals surface area (Å²) in [5, 5.41) is 0. The second-order valence-electron chi connectivity index (χ2n) is 6.72. The quantitative estimate of drug-likeness (QED) is 0.613. The van der Waals surface area contributed by atoms with Crippen LogP contribution in [0.3, 0.4) is 0 Å². The van der Waals surface area contributed by atoms with Crippen molar-refractivity contribution >= 4 is 5.78 Å². The van der Waals surface area contributed by atoms with E-state index in [2.05, 4.69) is 32.6 Å². The zero-order valence-electron chi connectivity index (χ0n) is 15.7. The van der Waals surface area contributed by atoms with E-state index in [1.165, 1.54) is 6.07 Å². The van der Waals surface area contributed by atoms with Gasteiger partial charge in [-0.2, -0.15) is 0 Å². The zero-order chi connectivity index (χ0) is 18.4. The van der Waals surface area contributed by atoms with Crippen LogP contribution in [-0.4, -0.2) is 33.9 Å². The van der Waals surface area contributed by atoms with Gasteiger partial charge in [0.15, 0.2) is 5.78 Å². The molecule has 0 aliphatic rings. The van der Waals surface area contributed by atoms with E-state index < -0.39 is 0 Å². The van der Waals surface area contributed by atoms with Gasteiger partial charge < -0.3 is 4.57 Å². The van der Waals surface area contributed by atoms with Crippen molar-refractivity contribution in [3.8, 4) is 0 Å². The second kappa shape index (κ2) is 8.95. The Labute approximate surface area is 150 Å². The minimum absolute atomic E-state index is 0.0851. The molecule has 1 aromatic heterocycles. The third-order valence-electron chi connectivity index (χ3n) is 5.05. The van der Waals surface area contributed by atoms with Gasteiger partial charge in [0.25, 0.3) is 0 Å². The SMILES string of the molecule is CCC(C)N(CC(=O)c1cccn1Cc1ccccc1F)C(C)CC. The van der Waals surface area contributed by atoms with Crippen LogP contribution in [0.5, 0.6) is 0 Å². The van der Waals surface area contributed by atoms with Crippen molar-refractivity contribution in [2.24, 2.45) is 0 Å². The van der Waals surface area contributed by atoms with E-state index in [0.717, 1.165) is 12.8 Å². The molecule has 4 heteroatoms. The fraction of sp³-hybridized carbons (Fsp3) is 0.476. The lowest BCUT2D eigenvalue weighted by Gasteiger charge is -2.33. The molecule has 0 aliphatic carbocycles. The number of halogens is 1. The summed E-state index contributed by atoms with van der Waals surface area (Å²) < 4.78 is 15.8. The molecule has 0 aliphatic heterocycles. The Hall–Kier alpha value is -1.94. The summed E-state index contributed by atoms with van der Waals surface area (Å²) in [6, 6.07) is 11.1. The van der Waals surface area contributed by atoms with Crippen LogP contribution in [0.4, 0.5) is 4.39 Å². The van der Waals surface area contributed by atoms with Crippen LogP contribution in [0.25, 0.3) is 0 Å². The Morgan fingerprint density at radius 2 is 1.72 bits per heavy atom. The van der Waals surface area contributed by atoms with E-state index >= 15 is 0 Å². The number of ketones is 1. The molecule has 2 atom stereocenters. The number of nitrogens with zero attached hydrogens (tertiary/aromatic N) is 2. The minimum atomic E-state index is -0.240. The molecule has 0 saturated heterocycles. The van der Waals surface area contributed by atoms with Crippen molar-refractivity contribution in [2.45, 2.75) is 59.2 Å². The number of carbonyl (C=O) groups excluding carboxylic acids is 1. The van der Waals surface area contributed by atoms with Crippen molar-refractivity contribution < 1.29 is 9.18 Å². The Morgan fingerprint density at radius 3 is 2.32 bits per heavy atom. The molecule has 0 fully saturated rings. The highest BCUT2D eigenvalue weighted by molar-refractivity contribution is 5.96. The van der Waals surface area contributed by atoms with E-state index in [1.807, 2.05) is 29.0 Å². The van der Waals surface area contributed by atoms with Crippen molar-refractivity contribution in [3.63, 3.8) is 0 Å². The standard InChI is InChI=1S/C21H29FN2O/c1-5-16(3)24(17(4)6-2)15-21(25)20-12-9-13-23(20)14-18-10-7-8-11-19(18)22/h7-13,16-17H,5-6,14-15H2,1-4H3. The lowest BCUT2D eigenvalue weighted by Crippen LogP contribution is -2.43. The second-order valence-corrected chi connectivity index (χ2v) is 6.72. The molecule has 0 amide bonds. The molecule has 0 saturated carbocycles. The first-order valence-electron chi connectivity index (χ1n) is 9.15. The molecular formula is C21H29FN2O. The summed E-state index contributed by atoms with van der Waals surface area (Å²) in [7, 11) is 0. The van der Waals surface area contributed by atoms with Crippen LogP contribution >= 0.6 is 0 Å². The van der Waals surface area contributed by atoms with Crippen LogP contribution in [0.2, 0.25) is 0 Å². The largest absolute Gasteiger partial charge is 0.341 e.